The molecule has 17 heavy (non-hydrogen) atoms. The van der Waals surface area contributed by atoms with Gasteiger partial charge in [0, 0.05) is 29.5 Å². The van der Waals surface area contributed by atoms with Crippen molar-refractivity contribution in [3.63, 3.8) is 0 Å². The second-order valence-corrected chi connectivity index (χ2v) is 3.53. The van der Waals surface area contributed by atoms with Gasteiger partial charge in [-0.1, -0.05) is 11.8 Å². The first-order chi connectivity index (χ1) is 8.26. The van der Waals surface area contributed by atoms with E-state index in [9.17, 15) is 4.79 Å². The van der Waals surface area contributed by atoms with Gasteiger partial charge in [0.25, 0.3) is 0 Å². The maximum Gasteiger partial charge on any atom is 0.162 e. The van der Waals surface area contributed by atoms with E-state index in [1.54, 1.807) is 12.1 Å². The Bertz CT molecular complexity index is 458. The maximum atomic E-state index is 10.9. The molecule has 0 aromatic heterocycles. The van der Waals surface area contributed by atoms with Crippen LogP contribution in [0.4, 0.5) is 0 Å². The number of methoxy groups -OCH3 is 2. The van der Waals surface area contributed by atoms with Crippen LogP contribution in [0.5, 0.6) is 11.5 Å². The lowest BCUT2D eigenvalue weighted by molar-refractivity contribution is 0.112. The molecule has 0 saturated carbocycles. The lowest BCUT2D eigenvalue weighted by Crippen LogP contribution is -1.95. The molecule has 1 aromatic carbocycles. The Hall–Kier alpha value is -1.66. The molecule has 4 heteroatoms. The Labute approximate surface area is 106 Å². The highest BCUT2D eigenvalue weighted by Crippen LogP contribution is 2.29. The molecule has 0 unspecified atom stereocenters. The van der Waals surface area contributed by atoms with Gasteiger partial charge < -0.3 is 9.47 Å². The Morgan fingerprint density at radius 2 is 1.94 bits per heavy atom. The van der Waals surface area contributed by atoms with Crippen molar-refractivity contribution < 1.29 is 14.3 Å². The van der Waals surface area contributed by atoms with Crippen LogP contribution in [-0.4, -0.2) is 26.4 Å². The van der Waals surface area contributed by atoms with Crippen molar-refractivity contribution in [1.29, 1.82) is 0 Å². The fraction of sp³-hybridized carbons (Fsp3) is 0.308. The van der Waals surface area contributed by atoms with E-state index in [1.807, 2.05) is 0 Å². The van der Waals surface area contributed by atoms with E-state index in [4.69, 9.17) is 21.1 Å². The molecule has 0 fully saturated rings. The summed E-state index contributed by atoms with van der Waals surface area (Å²) in [5.41, 5.74) is 1.09. The minimum atomic E-state index is 0.469. The molecule has 0 aliphatic carbocycles. The molecule has 0 aliphatic rings. The first-order valence-corrected chi connectivity index (χ1v) is 5.56. The van der Waals surface area contributed by atoms with Gasteiger partial charge in [-0.25, -0.2) is 0 Å². The summed E-state index contributed by atoms with van der Waals surface area (Å²) in [6, 6.07) is 3.29. The molecule has 0 heterocycles. The fourth-order valence-corrected chi connectivity index (χ4v) is 1.40. The second kappa shape index (κ2) is 6.82. The summed E-state index contributed by atoms with van der Waals surface area (Å²) in [6.45, 7) is 0. The average Bonchev–Trinajstić information content (AvgIpc) is 2.38. The highest BCUT2D eigenvalue weighted by molar-refractivity contribution is 6.18. The fourth-order valence-electron chi connectivity index (χ4n) is 1.31. The van der Waals surface area contributed by atoms with Crippen LogP contribution in [-0.2, 0) is 0 Å². The number of benzene rings is 1. The van der Waals surface area contributed by atoms with Gasteiger partial charge in [-0.15, -0.1) is 11.6 Å². The first kappa shape index (κ1) is 13.4. The summed E-state index contributed by atoms with van der Waals surface area (Å²) in [5.74, 6) is 7.30. The number of carbonyl (C=O) groups is 1. The summed E-state index contributed by atoms with van der Waals surface area (Å²) < 4.78 is 10.3. The van der Waals surface area contributed by atoms with Crippen LogP contribution >= 0.6 is 11.6 Å². The van der Waals surface area contributed by atoms with E-state index in [2.05, 4.69) is 11.8 Å². The number of hydrogen-bond donors (Lipinski definition) is 0. The van der Waals surface area contributed by atoms with Crippen molar-refractivity contribution in [2.45, 2.75) is 6.42 Å². The van der Waals surface area contributed by atoms with Crippen molar-refractivity contribution in [2.75, 3.05) is 20.1 Å². The first-order valence-electron chi connectivity index (χ1n) is 5.02. The topological polar surface area (TPSA) is 35.5 Å². The molecule has 0 bridgehead atoms. The SMILES string of the molecule is COc1cc(C#CCCCl)c(C=O)cc1OC. The van der Waals surface area contributed by atoms with Crippen LogP contribution in [0, 0.1) is 11.8 Å². The zero-order valence-corrected chi connectivity index (χ0v) is 10.5. The largest absolute Gasteiger partial charge is 0.493 e. The molecule has 0 saturated heterocycles. The summed E-state index contributed by atoms with van der Waals surface area (Å²) >= 11 is 5.53. The zero-order chi connectivity index (χ0) is 12.7. The van der Waals surface area contributed by atoms with Crippen LogP contribution in [0.1, 0.15) is 22.3 Å². The summed E-state index contributed by atoms with van der Waals surface area (Å²) in [7, 11) is 3.06. The molecule has 0 N–H and O–H groups in total. The predicted molar refractivity (Wildman–Crippen MR) is 67.1 cm³/mol. The van der Waals surface area contributed by atoms with Gasteiger partial charge in [-0.2, -0.15) is 0 Å². The van der Waals surface area contributed by atoms with Gasteiger partial charge in [-0.3, -0.25) is 4.79 Å². The van der Waals surface area contributed by atoms with Crippen molar-refractivity contribution in [3.8, 4) is 23.3 Å². The van der Waals surface area contributed by atoms with Gasteiger partial charge in [0.1, 0.15) is 0 Å². The van der Waals surface area contributed by atoms with E-state index in [0.717, 1.165) is 6.29 Å². The number of aldehydes is 1. The molecule has 0 amide bonds. The van der Waals surface area contributed by atoms with Gasteiger partial charge in [0.15, 0.2) is 17.8 Å². The molecular formula is C13H13ClO3. The molecule has 0 atom stereocenters. The summed E-state index contributed by atoms with van der Waals surface area (Å²) in [5, 5.41) is 0. The van der Waals surface area contributed by atoms with E-state index in [0.29, 0.717) is 34.9 Å². The molecule has 0 spiro atoms. The summed E-state index contributed by atoms with van der Waals surface area (Å²) in [6.07, 6.45) is 1.32. The minimum Gasteiger partial charge on any atom is -0.493 e. The molecule has 1 rings (SSSR count). The number of hydrogen-bond acceptors (Lipinski definition) is 3. The van der Waals surface area contributed by atoms with Crippen LogP contribution in [0.15, 0.2) is 12.1 Å². The maximum absolute atomic E-state index is 10.9. The Balaban J connectivity index is 3.20. The van der Waals surface area contributed by atoms with Crippen LogP contribution < -0.4 is 9.47 Å². The van der Waals surface area contributed by atoms with Crippen molar-refractivity contribution in [3.05, 3.63) is 23.3 Å². The van der Waals surface area contributed by atoms with E-state index in [-0.39, 0.29) is 0 Å². The number of rotatable bonds is 4. The van der Waals surface area contributed by atoms with E-state index < -0.39 is 0 Å². The van der Waals surface area contributed by atoms with Crippen molar-refractivity contribution in [2.24, 2.45) is 0 Å². The van der Waals surface area contributed by atoms with Gasteiger partial charge in [0.05, 0.1) is 14.2 Å². The molecule has 0 radical (unpaired) electrons. The van der Waals surface area contributed by atoms with Crippen molar-refractivity contribution >= 4 is 17.9 Å². The average molecular weight is 253 g/mol. The van der Waals surface area contributed by atoms with Crippen LogP contribution in [0.25, 0.3) is 0 Å². The molecule has 0 aliphatic heterocycles. The third kappa shape index (κ3) is 3.40. The Morgan fingerprint density at radius 1 is 1.29 bits per heavy atom. The standard InChI is InChI=1S/C13H13ClO3/c1-16-12-7-10(5-3-4-6-14)11(9-15)8-13(12)17-2/h7-9H,4,6H2,1-2H3. The number of carbonyl (C=O) groups excluding carboxylic acids is 1. The van der Waals surface area contributed by atoms with E-state index in [1.165, 1.54) is 14.2 Å². The number of ether oxygens (including phenoxy) is 2. The lowest BCUT2D eigenvalue weighted by atomic mass is 10.1. The van der Waals surface area contributed by atoms with Gasteiger partial charge in [0.2, 0.25) is 0 Å². The molecule has 3 nitrogen and oxygen atoms in total. The van der Waals surface area contributed by atoms with Gasteiger partial charge in [-0.05, 0) is 6.07 Å². The highest BCUT2D eigenvalue weighted by atomic mass is 35.5. The summed E-state index contributed by atoms with van der Waals surface area (Å²) in [4.78, 5) is 10.9. The Kier molecular flexibility index (Phi) is 5.38. The van der Waals surface area contributed by atoms with Gasteiger partial charge >= 0.3 is 0 Å². The lowest BCUT2D eigenvalue weighted by Gasteiger charge is -2.09. The second-order valence-electron chi connectivity index (χ2n) is 3.15. The molecule has 1 aromatic rings. The predicted octanol–water partition coefficient (Wildman–Crippen LogP) is 2.50. The van der Waals surface area contributed by atoms with Crippen molar-refractivity contribution in [1.82, 2.24) is 0 Å². The van der Waals surface area contributed by atoms with Crippen LogP contribution in [0.2, 0.25) is 0 Å². The van der Waals surface area contributed by atoms with Crippen LogP contribution in [0.3, 0.4) is 0 Å². The molecule has 90 valence electrons. The smallest absolute Gasteiger partial charge is 0.162 e. The minimum absolute atomic E-state index is 0.469. The number of halogens is 1. The highest BCUT2D eigenvalue weighted by Gasteiger charge is 2.08. The van der Waals surface area contributed by atoms with E-state index >= 15 is 0 Å². The third-order valence-corrected chi connectivity index (χ3v) is 2.31. The number of alkyl halides is 1. The zero-order valence-electron chi connectivity index (χ0n) is 9.75. The third-order valence-electron chi connectivity index (χ3n) is 2.13. The quantitative estimate of drug-likeness (QED) is 0.469. The molecular weight excluding hydrogens is 240 g/mol. The Morgan fingerprint density at radius 3 is 2.47 bits per heavy atom. The normalized spacial score (nSPS) is 9.12. The monoisotopic (exact) mass is 252 g/mol.